The molecule has 0 bridgehead atoms. The van der Waals surface area contributed by atoms with Crippen LogP contribution < -0.4 is 15.4 Å². The largest absolute Gasteiger partial charge is 0.497 e. The van der Waals surface area contributed by atoms with E-state index in [2.05, 4.69) is 36.8 Å². The highest BCUT2D eigenvalue weighted by Gasteiger charge is 2.14. The lowest BCUT2D eigenvalue weighted by Crippen LogP contribution is -2.26. The number of benzene rings is 2. The number of halogens is 1. The molecular weight excluding hydrogens is 506 g/mol. The number of rotatable bonds is 9. The van der Waals surface area contributed by atoms with Gasteiger partial charge in [-0.2, -0.15) is 0 Å². The lowest BCUT2D eigenvalue weighted by atomic mass is 10.1. The molecule has 0 aliphatic heterocycles. The van der Waals surface area contributed by atoms with Crippen LogP contribution in [0.25, 0.3) is 0 Å². The van der Waals surface area contributed by atoms with Crippen LogP contribution in [0.5, 0.6) is 5.75 Å². The predicted octanol–water partition coefficient (Wildman–Crippen LogP) is 3.79. The van der Waals surface area contributed by atoms with Crippen molar-refractivity contribution in [1.82, 2.24) is 20.1 Å². The molecule has 1 heterocycles. The molecule has 174 valence electrons. The molecule has 0 radical (unpaired) electrons. The van der Waals surface area contributed by atoms with Crippen molar-refractivity contribution in [1.29, 1.82) is 0 Å². The molecule has 0 saturated carbocycles. The number of ether oxygens (including phenoxy) is 1. The van der Waals surface area contributed by atoms with Crippen molar-refractivity contribution in [2.75, 3.05) is 18.2 Å². The summed E-state index contributed by atoms with van der Waals surface area (Å²) in [5, 5.41) is 14.7. The zero-order chi connectivity index (χ0) is 24.0. The molecule has 1 aromatic heterocycles. The first kappa shape index (κ1) is 24.8. The third-order valence-corrected chi connectivity index (χ3v) is 6.46. The molecule has 0 unspecified atom stereocenters. The summed E-state index contributed by atoms with van der Waals surface area (Å²) < 4.78 is 7.89. The molecule has 33 heavy (non-hydrogen) atoms. The molecule has 0 atom stereocenters. The van der Waals surface area contributed by atoms with E-state index < -0.39 is 0 Å². The van der Waals surface area contributed by atoms with E-state index in [1.54, 1.807) is 11.7 Å². The van der Waals surface area contributed by atoms with E-state index in [1.165, 1.54) is 11.8 Å². The second-order valence-electron chi connectivity index (χ2n) is 7.51. The average molecular weight is 532 g/mol. The summed E-state index contributed by atoms with van der Waals surface area (Å²) in [5.74, 6) is 1.33. The van der Waals surface area contributed by atoms with Gasteiger partial charge in [0.1, 0.15) is 5.75 Å². The lowest BCUT2D eigenvalue weighted by molar-refractivity contribution is -0.120. The van der Waals surface area contributed by atoms with Crippen LogP contribution >= 0.6 is 27.7 Å². The first-order valence-corrected chi connectivity index (χ1v) is 12.0. The summed E-state index contributed by atoms with van der Waals surface area (Å²) in [6.07, 6.45) is 0.262. The number of thioether (sulfide) groups is 1. The number of nitrogens with one attached hydrogen (secondary N) is 2. The molecule has 2 aromatic carbocycles. The SMILES string of the molecule is COc1ccc(CC(=O)NCc2nnc(SCC(=O)Nc3c(C)cc(Br)cc3C)n2C)cc1. The molecule has 2 amide bonds. The fraction of sp³-hybridized carbons (Fsp3) is 0.304. The molecular formula is C23H26BrN5O3S. The topological polar surface area (TPSA) is 98.1 Å². The highest BCUT2D eigenvalue weighted by molar-refractivity contribution is 9.10. The predicted molar refractivity (Wildman–Crippen MR) is 133 cm³/mol. The Kier molecular flexibility index (Phi) is 8.51. The van der Waals surface area contributed by atoms with Gasteiger partial charge in [0.2, 0.25) is 11.8 Å². The normalized spacial score (nSPS) is 10.7. The van der Waals surface area contributed by atoms with Gasteiger partial charge in [0.15, 0.2) is 11.0 Å². The molecule has 0 aliphatic carbocycles. The van der Waals surface area contributed by atoms with Gasteiger partial charge in [-0.05, 0) is 54.8 Å². The quantitative estimate of drug-likeness (QED) is 0.407. The number of methoxy groups -OCH3 is 1. The van der Waals surface area contributed by atoms with Gasteiger partial charge in [-0.1, -0.05) is 39.8 Å². The maximum Gasteiger partial charge on any atom is 0.234 e. The van der Waals surface area contributed by atoms with Gasteiger partial charge >= 0.3 is 0 Å². The number of aromatic nitrogens is 3. The van der Waals surface area contributed by atoms with Crippen LogP contribution in [0, 0.1) is 13.8 Å². The van der Waals surface area contributed by atoms with Gasteiger partial charge < -0.3 is 19.9 Å². The van der Waals surface area contributed by atoms with E-state index in [4.69, 9.17) is 4.74 Å². The Bertz CT molecular complexity index is 1120. The molecule has 0 spiro atoms. The van der Waals surface area contributed by atoms with Crippen LogP contribution in [0.1, 0.15) is 22.5 Å². The number of hydrogen-bond donors (Lipinski definition) is 2. The van der Waals surface area contributed by atoms with Crippen LogP contribution in [0.4, 0.5) is 5.69 Å². The Morgan fingerprint density at radius 3 is 2.39 bits per heavy atom. The summed E-state index contributed by atoms with van der Waals surface area (Å²) in [4.78, 5) is 24.7. The number of carbonyl (C=O) groups is 2. The van der Waals surface area contributed by atoms with Gasteiger partial charge in [0.05, 0.1) is 25.8 Å². The standard InChI is InChI=1S/C23H26BrN5O3S/c1-14-9-17(24)10-15(2)22(14)26-21(31)13-33-23-28-27-19(29(23)3)12-25-20(30)11-16-5-7-18(32-4)8-6-16/h5-10H,11-13H2,1-4H3,(H,25,30)(H,26,31). The summed E-state index contributed by atoms with van der Waals surface area (Å²) in [7, 11) is 3.42. The summed E-state index contributed by atoms with van der Waals surface area (Å²) in [6.45, 7) is 4.17. The Morgan fingerprint density at radius 2 is 1.76 bits per heavy atom. The fourth-order valence-electron chi connectivity index (χ4n) is 3.21. The van der Waals surface area contributed by atoms with Gasteiger partial charge in [0.25, 0.3) is 0 Å². The molecule has 0 aliphatic rings. The van der Waals surface area contributed by atoms with Crippen LogP contribution in [-0.4, -0.2) is 39.4 Å². The van der Waals surface area contributed by atoms with Crippen LogP contribution in [0.2, 0.25) is 0 Å². The monoisotopic (exact) mass is 531 g/mol. The molecule has 2 N–H and O–H groups in total. The summed E-state index contributed by atoms with van der Waals surface area (Å²) >= 11 is 4.76. The number of aryl methyl sites for hydroxylation is 2. The molecule has 0 saturated heterocycles. The van der Waals surface area contributed by atoms with Crippen molar-refractivity contribution in [2.24, 2.45) is 7.05 Å². The second kappa shape index (κ2) is 11.3. The molecule has 10 heteroatoms. The number of nitrogens with zero attached hydrogens (tertiary/aromatic N) is 3. The van der Waals surface area contributed by atoms with E-state index in [9.17, 15) is 9.59 Å². The minimum absolute atomic E-state index is 0.114. The van der Waals surface area contributed by atoms with Crippen molar-refractivity contribution in [3.05, 3.63) is 63.4 Å². The summed E-state index contributed by atoms with van der Waals surface area (Å²) in [5.41, 5.74) is 3.70. The van der Waals surface area contributed by atoms with E-state index in [0.29, 0.717) is 11.0 Å². The smallest absolute Gasteiger partial charge is 0.234 e. The van der Waals surface area contributed by atoms with E-state index in [-0.39, 0.29) is 30.5 Å². The number of hydrogen-bond acceptors (Lipinski definition) is 6. The third kappa shape index (κ3) is 6.82. The zero-order valence-corrected chi connectivity index (χ0v) is 21.3. The first-order chi connectivity index (χ1) is 15.8. The fourth-order valence-corrected chi connectivity index (χ4v) is 4.62. The highest BCUT2D eigenvalue weighted by atomic mass is 79.9. The first-order valence-electron chi connectivity index (χ1n) is 10.2. The molecule has 0 fully saturated rings. The van der Waals surface area contributed by atoms with E-state index in [1.807, 2.05) is 57.3 Å². The maximum absolute atomic E-state index is 12.5. The molecule has 3 rings (SSSR count). The van der Waals surface area contributed by atoms with Crippen LogP contribution in [-0.2, 0) is 29.6 Å². The minimum Gasteiger partial charge on any atom is -0.497 e. The second-order valence-corrected chi connectivity index (χ2v) is 9.37. The maximum atomic E-state index is 12.5. The van der Waals surface area contributed by atoms with Gasteiger partial charge in [-0.3, -0.25) is 9.59 Å². The number of anilines is 1. The summed E-state index contributed by atoms with van der Waals surface area (Å²) in [6, 6.07) is 11.3. The van der Waals surface area contributed by atoms with Crippen molar-refractivity contribution in [3.63, 3.8) is 0 Å². The third-order valence-electron chi connectivity index (χ3n) is 4.99. The number of amides is 2. The van der Waals surface area contributed by atoms with Crippen LogP contribution in [0.15, 0.2) is 46.0 Å². The van der Waals surface area contributed by atoms with Gasteiger partial charge in [-0.15, -0.1) is 10.2 Å². The number of carbonyl (C=O) groups excluding carboxylic acids is 2. The highest BCUT2D eigenvalue weighted by Crippen LogP contribution is 2.25. The van der Waals surface area contributed by atoms with Crippen molar-refractivity contribution < 1.29 is 14.3 Å². The zero-order valence-electron chi connectivity index (χ0n) is 18.9. The van der Waals surface area contributed by atoms with Crippen molar-refractivity contribution in [3.8, 4) is 5.75 Å². The van der Waals surface area contributed by atoms with Crippen molar-refractivity contribution in [2.45, 2.75) is 32.0 Å². The van der Waals surface area contributed by atoms with E-state index >= 15 is 0 Å². The molecule has 3 aromatic rings. The van der Waals surface area contributed by atoms with Crippen LogP contribution in [0.3, 0.4) is 0 Å². The van der Waals surface area contributed by atoms with Gasteiger partial charge in [-0.25, -0.2) is 0 Å². The molecule has 8 nitrogen and oxygen atoms in total. The van der Waals surface area contributed by atoms with E-state index in [0.717, 1.165) is 32.6 Å². The minimum atomic E-state index is -0.120. The van der Waals surface area contributed by atoms with Crippen molar-refractivity contribution >= 4 is 45.2 Å². The Morgan fingerprint density at radius 1 is 1.09 bits per heavy atom. The Balaban J connectivity index is 1.50. The average Bonchev–Trinajstić information content (AvgIpc) is 3.13. The lowest BCUT2D eigenvalue weighted by Gasteiger charge is -2.12. The van der Waals surface area contributed by atoms with Gasteiger partial charge in [0, 0.05) is 17.2 Å². The Hall–Kier alpha value is -2.85. The Labute approximate surface area is 205 Å².